The Labute approximate surface area is 116 Å². The predicted octanol–water partition coefficient (Wildman–Crippen LogP) is 2.17. The average molecular weight is 279 g/mol. The predicted molar refractivity (Wildman–Crippen MR) is 74.3 cm³/mol. The van der Waals surface area contributed by atoms with Crippen molar-refractivity contribution < 1.29 is 9.31 Å². The Balaban J connectivity index is 2.00. The second kappa shape index (κ2) is 5.01. The number of anilines is 1. The summed E-state index contributed by atoms with van der Waals surface area (Å²) in [6, 6.07) is 3.97. The van der Waals surface area contributed by atoms with Gasteiger partial charge in [0, 0.05) is 37.8 Å². The molecule has 0 spiro atoms. The number of hydrogen-bond acceptors (Lipinski definition) is 4. The van der Waals surface area contributed by atoms with E-state index in [0.29, 0.717) is 17.5 Å². The monoisotopic (exact) mass is 279 g/mol. The Hall–Kier alpha value is -1.69. The van der Waals surface area contributed by atoms with Gasteiger partial charge < -0.3 is 10.2 Å². The quantitative estimate of drug-likeness (QED) is 0.680. The number of halogens is 1. The van der Waals surface area contributed by atoms with Crippen molar-refractivity contribution in [2.45, 2.75) is 19.4 Å². The van der Waals surface area contributed by atoms with Crippen LogP contribution < -0.4 is 10.2 Å². The van der Waals surface area contributed by atoms with E-state index in [-0.39, 0.29) is 11.7 Å². The van der Waals surface area contributed by atoms with Crippen molar-refractivity contribution in [1.29, 1.82) is 0 Å². The minimum atomic E-state index is -0.423. The van der Waals surface area contributed by atoms with Crippen molar-refractivity contribution in [3.63, 3.8) is 0 Å². The minimum Gasteiger partial charge on any atom is -0.362 e. The summed E-state index contributed by atoms with van der Waals surface area (Å²) >= 11 is 0. The van der Waals surface area contributed by atoms with Gasteiger partial charge in [0.25, 0.3) is 5.69 Å². The van der Waals surface area contributed by atoms with Gasteiger partial charge in [0.1, 0.15) is 11.5 Å². The largest absolute Gasteiger partial charge is 0.362 e. The molecule has 0 aromatic heterocycles. The Morgan fingerprint density at radius 1 is 1.50 bits per heavy atom. The summed E-state index contributed by atoms with van der Waals surface area (Å²) < 4.78 is 13.5. The smallest absolute Gasteiger partial charge is 0.292 e. The molecular formula is C14H18FN3O2. The highest BCUT2D eigenvalue weighted by Crippen LogP contribution is 2.41. The molecule has 2 saturated heterocycles. The van der Waals surface area contributed by atoms with Crippen LogP contribution in [0.1, 0.15) is 13.3 Å². The molecule has 1 N–H and O–H groups in total. The molecule has 0 bridgehead atoms. The van der Waals surface area contributed by atoms with E-state index in [1.54, 1.807) is 0 Å². The lowest BCUT2D eigenvalue weighted by molar-refractivity contribution is -0.384. The van der Waals surface area contributed by atoms with Crippen molar-refractivity contribution in [1.82, 2.24) is 5.32 Å². The Bertz CT molecular complexity index is 537. The van der Waals surface area contributed by atoms with E-state index in [1.165, 1.54) is 12.1 Å². The van der Waals surface area contributed by atoms with Crippen LogP contribution in [0.2, 0.25) is 0 Å². The first kappa shape index (κ1) is 13.3. The molecule has 1 aromatic rings. The summed E-state index contributed by atoms with van der Waals surface area (Å²) in [7, 11) is 0. The molecular weight excluding hydrogens is 261 g/mol. The highest BCUT2D eigenvalue weighted by Gasteiger charge is 2.44. The fraction of sp³-hybridized carbons (Fsp3) is 0.571. The van der Waals surface area contributed by atoms with Crippen LogP contribution in [0.3, 0.4) is 0 Å². The van der Waals surface area contributed by atoms with Crippen molar-refractivity contribution in [3.05, 3.63) is 34.1 Å². The standard InChI is InChI=1S/C14H18FN3O2/c1-2-12-11-7-16-6-9(11)8-17(12)14-5-10(15)3-4-13(14)18(19)20/h3-5,9,11-12,16H,2,6-8H2,1H3. The number of fused-ring (bicyclic) bond motifs is 1. The Kier molecular flexibility index (Phi) is 3.33. The van der Waals surface area contributed by atoms with Gasteiger partial charge in [-0.1, -0.05) is 6.92 Å². The number of nitrogens with one attached hydrogen (secondary N) is 1. The molecule has 108 valence electrons. The molecule has 6 heteroatoms. The Morgan fingerprint density at radius 3 is 3.00 bits per heavy atom. The van der Waals surface area contributed by atoms with Gasteiger partial charge in [-0.05, 0) is 24.3 Å². The van der Waals surface area contributed by atoms with E-state index < -0.39 is 10.7 Å². The molecule has 3 unspecified atom stereocenters. The first-order valence-electron chi connectivity index (χ1n) is 7.03. The topological polar surface area (TPSA) is 58.4 Å². The lowest BCUT2D eigenvalue weighted by Gasteiger charge is -2.28. The third-order valence-electron chi connectivity index (χ3n) is 4.58. The van der Waals surface area contributed by atoms with Crippen molar-refractivity contribution in [2.24, 2.45) is 11.8 Å². The Morgan fingerprint density at radius 2 is 2.30 bits per heavy atom. The summed E-state index contributed by atoms with van der Waals surface area (Å²) in [4.78, 5) is 12.8. The van der Waals surface area contributed by atoms with Crippen LogP contribution in [0.25, 0.3) is 0 Å². The maximum atomic E-state index is 13.5. The molecule has 0 radical (unpaired) electrons. The summed E-state index contributed by atoms with van der Waals surface area (Å²) in [6.07, 6.45) is 0.913. The van der Waals surface area contributed by atoms with Gasteiger partial charge >= 0.3 is 0 Å². The molecule has 3 rings (SSSR count). The van der Waals surface area contributed by atoms with Crippen molar-refractivity contribution >= 4 is 11.4 Å². The van der Waals surface area contributed by atoms with Crippen molar-refractivity contribution in [3.8, 4) is 0 Å². The van der Waals surface area contributed by atoms with Gasteiger partial charge in [-0.2, -0.15) is 0 Å². The number of nitro benzene ring substituents is 1. The zero-order valence-electron chi connectivity index (χ0n) is 11.4. The van der Waals surface area contributed by atoms with Gasteiger partial charge in [0.15, 0.2) is 0 Å². The van der Waals surface area contributed by atoms with E-state index in [1.807, 2.05) is 4.90 Å². The molecule has 2 aliphatic rings. The summed E-state index contributed by atoms with van der Waals surface area (Å²) in [5.74, 6) is 0.585. The van der Waals surface area contributed by atoms with Crippen LogP contribution in [-0.2, 0) is 0 Å². The summed E-state index contributed by atoms with van der Waals surface area (Å²) in [6.45, 7) is 4.74. The highest BCUT2D eigenvalue weighted by atomic mass is 19.1. The van der Waals surface area contributed by atoms with Crippen LogP contribution in [0, 0.1) is 27.8 Å². The molecule has 20 heavy (non-hydrogen) atoms. The SMILES string of the molecule is CCC1C2CNCC2CN1c1cc(F)ccc1[N+](=O)[O-]. The number of nitrogens with zero attached hydrogens (tertiary/aromatic N) is 2. The number of rotatable bonds is 3. The summed E-state index contributed by atoms with van der Waals surface area (Å²) in [5.41, 5.74) is 0.425. The fourth-order valence-corrected chi connectivity index (χ4v) is 3.70. The van der Waals surface area contributed by atoms with Crippen LogP contribution in [0.4, 0.5) is 15.8 Å². The van der Waals surface area contributed by atoms with Gasteiger partial charge in [0.05, 0.1) is 4.92 Å². The maximum Gasteiger partial charge on any atom is 0.292 e. The fourth-order valence-electron chi connectivity index (χ4n) is 3.70. The molecule has 0 amide bonds. The molecule has 2 heterocycles. The van der Waals surface area contributed by atoms with Crippen molar-refractivity contribution in [2.75, 3.05) is 24.5 Å². The first-order chi connectivity index (χ1) is 9.61. The number of hydrogen-bond donors (Lipinski definition) is 1. The van der Waals surface area contributed by atoms with E-state index in [9.17, 15) is 14.5 Å². The molecule has 0 saturated carbocycles. The third-order valence-corrected chi connectivity index (χ3v) is 4.58. The number of nitro groups is 1. The minimum absolute atomic E-state index is 0.00205. The molecule has 2 aliphatic heterocycles. The second-order valence-corrected chi connectivity index (χ2v) is 5.60. The molecule has 3 atom stereocenters. The first-order valence-corrected chi connectivity index (χ1v) is 7.03. The molecule has 1 aromatic carbocycles. The van der Waals surface area contributed by atoms with Gasteiger partial charge in [0.2, 0.25) is 0 Å². The molecule has 5 nitrogen and oxygen atoms in total. The second-order valence-electron chi connectivity index (χ2n) is 5.60. The van der Waals surface area contributed by atoms with E-state index in [2.05, 4.69) is 12.2 Å². The zero-order chi connectivity index (χ0) is 14.3. The normalized spacial score (nSPS) is 28.7. The lowest BCUT2D eigenvalue weighted by Crippen LogP contribution is -2.35. The van der Waals surface area contributed by atoms with Crippen LogP contribution in [-0.4, -0.2) is 30.6 Å². The molecule has 0 aliphatic carbocycles. The maximum absolute atomic E-state index is 13.5. The summed E-state index contributed by atoms with van der Waals surface area (Å²) in [5, 5.41) is 14.6. The third kappa shape index (κ3) is 2.04. The van der Waals surface area contributed by atoms with E-state index >= 15 is 0 Å². The van der Waals surface area contributed by atoms with Crippen LogP contribution in [0.15, 0.2) is 18.2 Å². The van der Waals surface area contributed by atoms with Crippen LogP contribution >= 0.6 is 0 Å². The highest BCUT2D eigenvalue weighted by molar-refractivity contribution is 5.64. The van der Waals surface area contributed by atoms with Gasteiger partial charge in [-0.25, -0.2) is 4.39 Å². The van der Waals surface area contributed by atoms with Gasteiger partial charge in [-0.3, -0.25) is 10.1 Å². The zero-order valence-corrected chi connectivity index (χ0v) is 11.4. The van der Waals surface area contributed by atoms with E-state index in [4.69, 9.17) is 0 Å². The van der Waals surface area contributed by atoms with E-state index in [0.717, 1.165) is 32.1 Å². The molecule has 2 fully saturated rings. The number of benzene rings is 1. The average Bonchev–Trinajstić information content (AvgIpc) is 2.97. The van der Waals surface area contributed by atoms with Crippen LogP contribution in [0.5, 0.6) is 0 Å². The lowest BCUT2D eigenvalue weighted by atomic mass is 9.93. The van der Waals surface area contributed by atoms with Gasteiger partial charge in [-0.15, -0.1) is 0 Å².